The summed E-state index contributed by atoms with van der Waals surface area (Å²) < 4.78 is 28.0. The van der Waals surface area contributed by atoms with Gasteiger partial charge in [0, 0.05) is 33.1 Å². The van der Waals surface area contributed by atoms with Gasteiger partial charge in [-0.2, -0.15) is 4.31 Å². The van der Waals surface area contributed by atoms with Crippen LogP contribution in [0, 0.1) is 13.8 Å². The van der Waals surface area contributed by atoms with Crippen LogP contribution in [-0.2, 0) is 20.2 Å². The minimum Gasteiger partial charge on any atom is -0.390 e. The van der Waals surface area contributed by atoms with Gasteiger partial charge in [0.1, 0.15) is 0 Å². The Morgan fingerprint density at radius 3 is 2.31 bits per heavy atom. The first-order valence-electron chi connectivity index (χ1n) is 8.89. The maximum Gasteiger partial charge on any atom is 0.243 e. The Hall–Kier alpha value is -1.44. The highest BCUT2D eigenvalue weighted by molar-refractivity contribution is 7.89. The van der Waals surface area contributed by atoms with Crippen LogP contribution < -0.4 is 0 Å². The number of benzene rings is 1. The molecule has 1 fully saturated rings. The number of carbonyl (C=O) groups is 1. The molecule has 0 aromatic heterocycles. The first-order chi connectivity index (χ1) is 11.8. The molecule has 1 amide bonds. The van der Waals surface area contributed by atoms with Gasteiger partial charge in [-0.05, 0) is 42.0 Å². The summed E-state index contributed by atoms with van der Waals surface area (Å²) in [6.45, 7) is 11.9. The van der Waals surface area contributed by atoms with Crippen LogP contribution in [0.2, 0.25) is 0 Å². The van der Waals surface area contributed by atoms with E-state index in [-0.39, 0.29) is 42.4 Å². The molecule has 0 spiro atoms. The Morgan fingerprint density at radius 2 is 1.77 bits per heavy atom. The summed E-state index contributed by atoms with van der Waals surface area (Å²) in [4.78, 5) is 13.4. The zero-order valence-corrected chi connectivity index (χ0v) is 17.4. The molecular weight excluding hydrogens is 352 g/mol. The molecule has 26 heavy (non-hydrogen) atoms. The van der Waals surface area contributed by atoms with Crippen LogP contribution in [0.3, 0.4) is 0 Å². The van der Waals surface area contributed by atoms with Gasteiger partial charge in [0.25, 0.3) is 0 Å². The lowest BCUT2D eigenvalue weighted by molar-refractivity contribution is -0.129. The van der Waals surface area contributed by atoms with Crippen LogP contribution in [0.25, 0.3) is 0 Å². The van der Waals surface area contributed by atoms with Crippen molar-refractivity contribution in [1.29, 1.82) is 0 Å². The summed E-state index contributed by atoms with van der Waals surface area (Å²) in [6, 6.07) is 3.78. The lowest BCUT2D eigenvalue weighted by atomic mass is 9.85. The number of hydrogen-bond acceptors (Lipinski definition) is 4. The normalized spacial score (nSPS) is 20.1. The van der Waals surface area contributed by atoms with Crippen molar-refractivity contribution in [2.75, 3.05) is 26.2 Å². The number of aliphatic hydroxyl groups excluding tert-OH is 1. The summed E-state index contributed by atoms with van der Waals surface area (Å²) in [5.74, 6) is -0.162. The molecule has 0 bridgehead atoms. The Bertz CT molecular complexity index is 796. The van der Waals surface area contributed by atoms with Crippen LogP contribution in [0.1, 0.15) is 44.4 Å². The minimum absolute atomic E-state index is 0.00958. The summed E-state index contributed by atoms with van der Waals surface area (Å²) in [5.41, 5.74) is 2.43. The lowest BCUT2D eigenvalue weighted by Crippen LogP contribution is -2.38. The highest BCUT2D eigenvalue weighted by Gasteiger charge is 2.33. The standard InChI is InChI=1S/C19H30N2O4S/c1-13-9-16(19(4,5)6)10-18(14(13)2)26(24,25)21-8-7-20(15(3)22)11-17(23)12-21/h9-10,17,23H,7-8,11-12H2,1-6H3. The quantitative estimate of drug-likeness (QED) is 0.846. The highest BCUT2D eigenvalue weighted by atomic mass is 32.2. The van der Waals surface area contributed by atoms with Crippen molar-refractivity contribution in [1.82, 2.24) is 9.21 Å². The first kappa shape index (κ1) is 20.9. The fourth-order valence-electron chi connectivity index (χ4n) is 3.13. The second-order valence-electron chi connectivity index (χ2n) is 8.15. The summed E-state index contributed by atoms with van der Waals surface area (Å²) in [7, 11) is -3.77. The molecule has 1 heterocycles. The third-order valence-corrected chi connectivity index (χ3v) is 7.01. The van der Waals surface area contributed by atoms with E-state index in [1.807, 2.05) is 40.7 Å². The van der Waals surface area contributed by atoms with Gasteiger partial charge in [-0.25, -0.2) is 8.42 Å². The molecule has 1 aliphatic rings. The molecule has 1 aromatic carbocycles. The number of hydrogen-bond donors (Lipinski definition) is 1. The lowest BCUT2D eigenvalue weighted by Gasteiger charge is -2.26. The molecule has 0 radical (unpaired) electrons. The fourth-order valence-corrected chi connectivity index (χ4v) is 4.93. The maximum absolute atomic E-state index is 13.3. The molecule has 7 heteroatoms. The van der Waals surface area contributed by atoms with Gasteiger partial charge in [-0.15, -0.1) is 0 Å². The van der Waals surface area contributed by atoms with Gasteiger partial charge in [0.2, 0.25) is 15.9 Å². The second-order valence-corrected chi connectivity index (χ2v) is 10.1. The van der Waals surface area contributed by atoms with E-state index >= 15 is 0 Å². The average molecular weight is 383 g/mol. The molecule has 0 saturated carbocycles. The fraction of sp³-hybridized carbons (Fsp3) is 0.632. The molecule has 1 aliphatic heterocycles. The van der Waals surface area contributed by atoms with E-state index in [1.165, 1.54) is 16.1 Å². The molecule has 1 atom stereocenters. The van der Waals surface area contributed by atoms with E-state index in [2.05, 4.69) is 0 Å². The van der Waals surface area contributed by atoms with Crippen LogP contribution in [0.5, 0.6) is 0 Å². The van der Waals surface area contributed by atoms with Crippen LogP contribution in [0.15, 0.2) is 17.0 Å². The summed E-state index contributed by atoms with van der Waals surface area (Å²) in [5, 5.41) is 10.2. The SMILES string of the molecule is CC(=O)N1CCN(S(=O)(=O)c2cc(C(C)(C)C)cc(C)c2C)CC(O)C1. The molecule has 1 N–H and O–H groups in total. The largest absolute Gasteiger partial charge is 0.390 e. The number of amides is 1. The van der Waals surface area contributed by atoms with Gasteiger partial charge < -0.3 is 10.0 Å². The van der Waals surface area contributed by atoms with Crippen molar-refractivity contribution in [2.24, 2.45) is 0 Å². The van der Waals surface area contributed by atoms with Crippen LogP contribution in [0.4, 0.5) is 0 Å². The number of β-amino-alcohol motifs (C(OH)–C–C–N with tert-alkyl or cyclic N) is 1. The molecule has 6 nitrogen and oxygen atoms in total. The predicted molar refractivity (Wildman–Crippen MR) is 102 cm³/mol. The van der Waals surface area contributed by atoms with Crippen molar-refractivity contribution in [3.8, 4) is 0 Å². The number of sulfonamides is 1. The van der Waals surface area contributed by atoms with Crippen LogP contribution in [-0.4, -0.2) is 60.9 Å². The summed E-state index contributed by atoms with van der Waals surface area (Å²) in [6.07, 6.45) is -0.900. The van der Waals surface area contributed by atoms with Crippen LogP contribution >= 0.6 is 0 Å². The second kappa shape index (κ2) is 7.29. The minimum atomic E-state index is -3.77. The van der Waals surface area contributed by atoms with Gasteiger partial charge >= 0.3 is 0 Å². The molecule has 1 saturated heterocycles. The third-order valence-electron chi connectivity index (χ3n) is 5.01. The van der Waals surface area contributed by atoms with Crippen molar-refractivity contribution in [3.05, 3.63) is 28.8 Å². The molecule has 0 aliphatic carbocycles. The molecule has 2 rings (SSSR count). The predicted octanol–water partition coefficient (Wildman–Crippen LogP) is 1.81. The van der Waals surface area contributed by atoms with Crippen molar-refractivity contribution in [2.45, 2.75) is 58.0 Å². The molecule has 1 unspecified atom stereocenters. The first-order valence-corrected chi connectivity index (χ1v) is 10.3. The molecule has 146 valence electrons. The van der Waals surface area contributed by atoms with E-state index in [9.17, 15) is 18.3 Å². The van der Waals surface area contributed by atoms with E-state index in [0.717, 1.165) is 16.7 Å². The van der Waals surface area contributed by atoms with Crippen molar-refractivity contribution in [3.63, 3.8) is 0 Å². The van der Waals surface area contributed by atoms with Gasteiger partial charge in [-0.3, -0.25) is 4.79 Å². The van der Waals surface area contributed by atoms with E-state index in [1.54, 1.807) is 6.07 Å². The number of aryl methyl sites for hydroxylation is 1. The van der Waals surface area contributed by atoms with Gasteiger partial charge in [0.15, 0.2) is 0 Å². The third kappa shape index (κ3) is 4.27. The highest BCUT2D eigenvalue weighted by Crippen LogP contribution is 2.31. The Morgan fingerprint density at radius 1 is 1.15 bits per heavy atom. The monoisotopic (exact) mass is 382 g/mol. The number of rotatable bonds is 2. The number of aliphatic hydroxyl groups is 1. The van der Waals surface area contributed by atoms with Gasteiger partial charge in [-0.1, -0.05) is 26.8 Å². The van der Waals surface area contributed by atoms with Gasteiger partial charge in [0.05, 0.1) is 11.0 Å². The topological polar surface area (TPSA) is 77.9 Å². The smallest absolute Gasteiger partial charge is 0.243 e. The zero-order chi connectivity index (χ0) is 19.9. The van der Waals surface area contributed by atoms with Crippen molar-refractivity contribution >= 4 is 15.9 Å². The van der Waals surface area contributed by atoms with E-state index < -0.39 is 16.1 Å². The molecular formula is C19H30N2O4S. The summed E-state index contributed by atoms with van der Waals surface area (Å²) >= 11 is 0. The average Bonchev–Trinajstić information content (AvgIpc) is 2.70. The number of carbonyl (C=O) groups excluding carboxylic acids is 1. The Labute approximate surface area is 156 Å². The number of nitrogens with zero attached hydrogens (tertiary/aromatic N) is 2. The molecule has 1 aromatic rings. The van der Waals surface area contributed by atoms with Crippen molar-refractivity contribution < 1.29 is 18.3 Å². The Balaban J connectivity index is 2.47. The zero-order valence-electron chi connectivity index (χ0n) is 16.5. The maximum atomic E-state index is 13.3. The Kier molecular flexibility index (Phi) is 5.85. The van der Waals surface area contributed by atoms with E-state index in [4.69, 9.17) is 0 Å². The van der Waals surface area contributed by atoms with E-state index in [0.29, 0.717) is 0 Å².